The van der Waals surface area contributed by atoms with E-state index in [1.54, 1.807) is 0 Å². The highest BCUT2D eigenvalue weighted by Gasteiger charge is 2.57. The van der Waals surface area contributed by atoms with E-state index >= 15 is 0 Å². The Morgan fingerprint density at radius 3 is 2.26 bits per heavy atom. The summed E-state index contributed by atoms with van der Waals surface area (Å²) >= 11 is 0. The predicted molar refractivity (Wildman–Crippen MR) is 85.7 cm³/mol. The first-order valence-corrected chi connectivity index (χ1v) is 9.07. The second-order valence-corrected chi connectivity index (χ2v) is 8.84. The molecule has 5 nitrogen and oxygen atoms in total. The van der Waals surface area contributed by atoms with Crippen LogP contribution in [0.3, 0.4) is 0 Å². The summed E-state index contributed by atoms with van der Waals surface area (Å²) in [6, 6.07) is 0. The minimum atomic E-state index is -0.405. The van der Waals surface area contributed by atoms with Gasteiger partial charge in [0.05, 0.1) is 7.11 Å². The van der Waals surface area contributed by atoms with Crippen molar-refractivity contribution < 1.29 is 14.3 Å². The van der Waals surface area contributed by atoms with Gasteiger partial charge in [0.1, 0.15) is 0 Å². The summed E-state index contributed by atoms with van der Waals surface area (Å²) in [4.78, 5) is 25.9. The maximum Gasteiger partial charge on any atom is 0.407 e. The number of nitrogens with zero attached hydrogens (tertiary/aromatic N) is 1. The van der Waals surface area contributed by atoms with Crippen LogP contribution in [0.2, 0.25) is 0 Å². The van der Waals surface area contributed by atoms with Crippen LogP contribution in [0.15, 0.2) is 0 Å². The predicted octanol–water partition coefficient (Wildman–Crippen LogP) is 2.55. The summed E-state index contributed by atoms with van der Waals surface area (Å²) < 4.78 is 4.64. The average molecular weight is 320 g/mol. The van der Waals surface area contributed by atoms with Crippen molar-refractivity contribution in [1.29, 1.82) is 0 Å². The van der Waals surface area contributed by atoms with Crippen LogP contribution in [0.1, 0.15) is 51.9 Å². The fraction of sp³-hybridized carbons (Fsp3) is 0.889. The first-order valence-electron chi connectivity index (χ1n) is 9.07. The summed E-state index contributed by atoms with van der Waals surface area (Å²) in [5.41, 5.74) is 0.203. The Labute approximate surface area is 138 Å². The molecule has 1 saturated heterocycles. The van der Waals surface area contributed by atoms with Crippen LogP contribution in [0.25, 0.3) is 0 Å². The second kappa shape index (κ2) is 5.12. The zero-order chi connectivity index (χ0) is 16.2. The molecule has 0 unspecified atom stereocenters. The van der Waals surface area contributed by atoms with Gasteiger partial charge in [0, 0.05) is 30.0 Å². The third-order valence-corrected chi connectivity index (χ3v) is 6.90. The van der Waals surface area contributed by atoms with Crippen molar-refractivity contribution in [3.63, 3.8) is 0 Å². The zero-order valence-electron chi connectivity index (χ0n) is 14.3. The first-order chi connectivity index (χ1) is 10.9. The Balaban J connectivity index is 1.20. The Kier molecular flexibility index (Phi) is 3.40. The van der Waals surface area contributed by atoms with Crippen molar-refractivity contribution in [2.75, 3.05) is 20.2 Å². The second-order valence-electron chi connectivity index (χ2n) is 8.84. The molecular formula is C18H28N2O3. The van der Waals surface area contributed by atoms with E-state index in [1.165, 1.54) is 39.2 Å². The molecule has 1 N–H and O–H groups in total. The minimum Gasteiger partial charge on any atom is -0.453 e. The van der Waals surface area contributed by atoms with Gasteiger partial charge in [-0.05, 0) is 44.4 Å². The van der Waals surface area contributed by atoms with Crippen molar-refractivity contribution in [1.82, 2.24) is 10.2 Å². The maximum absolute atomic E-state index is 12.5. The van der Waals surface area contributed by atoms with Crippen molar-refractivity contribution in [2.45, 2.75) is 57.4 Å². The summed E-state index contributed by atoms with van der Waals surface area (Å²) in [6.45, 7) is 3.94. The van der Waals surface area contributed by atoms with Gasteiger partial charge >= 0.3 is 6.09 Å². The van der Waals surface area contributed by atoms with E-state index in [2.05, 4.69) is 15.0 Å². The average Bonchev–Trinajstić information content (AvgIpc) is 2.33. The molecule has 0 radical (unpaired) electrons. The van der Waals surface area contributed by atoms with E-state index in [0.717, 1.165) is 37.8 Å². The Hall–Kier alpha value is -1.26. The molecule has 1 heterocycles. The number of nitrogens with one attached hydrogen (secondary N) is 1. The van der Waals surface area contributed by atoms with Crippen LogP contribution in [-0.2, 0) is 9.53 Å². The van der Waals surface area contributed by atoms with Gasteiger partial charge in [-0.15, -0.1) is 0 Å². The van der Waals surface area contributed by atoms with Gasteiger partial charge in [0.15, 0.2) is 0 Å². The molecule has 4 aliphatic rings. The third-order valence-electron chi connectivity index (χ3n) is 6.90. The van der Waals surface area contributed by atoms with Gasteiger partial charge < -0.3 is 15.0 Å². The molecule has 0 bridgehead atoms. The van der Waals surface area contributed by atoms with E-state index in [4.69, 9.17) is 0 Å². The molecule has 0 aromatic rings. The third kappa shape index (κ3) is 2.52. The standard InChI is InChI=1S/C18H28N2O3/c1-17(19-16(22)23-2)6-14(7-17)15(21)20-10-18(11-20)8-13(9-18)12-4-3-5-12/h12-14H,3-11H2,1-2H3,(H,19,22). The molecule has 5 heteroatoms. The number of hydrogen-bond donors (Lipinski definition) is 1. The molecule has 0 aromatic carbocycles. The van der Waals surface area contributed by atoms with E-state index in [9.17, 15) is 9.59 Å². The lowest BCUT2D eigenvalue weighted by atomic mass is 9.52. The van der Waals surface area contributed by atoms with Gasteiger partial charge in [-0.25, -0.2) is 4.79 Å². The number of methoxy groups -OCH3 is 1. The molecule has 23 heavy (non-hydrogen) atoms. The Morgan fingerprint density at radius 2 is 1.74 bits per heavy atom. The van der Waals surface area contributed by atoms with Gasteiger partial charge in [-0.1, -0.05) is 19.3 Å². The molecular weight excluding hydrogens is 292 g/mol. The number of ether oxygens (including phenoxy) is 1. The normalized spacial score (nSPS) is 35.6. The number of carbonyl (C=O) groups is 2. The van der Waals surface area contributed by atoms with E-state index in [1.807, 2.05) is 6.92 Å². The molecule has 4 rings (SSSR count). The van der Waals surface area contributed by atoms with Crippen LogP contribution in [0, 0.1) is 23.2 Å². The smallest absolute Gasteiger partial charge is 0.407 e. The van der Waals surface area contributed by atoms with Gasteiger partial charge in [-0.2, -0.15) is 0 Å². The quantitative estimate of drug-likeness (QED) is 0.869. The molecule has 4 fully saturated rings. The molecule has 1 spiro atoms. The molecule has 128 valence electrons. The van der Waals surface area contributed by atoms with E-state index in [-0.39, 0.29) is 11.5 Å². The lowest BCUT2D eigenvalue weighted by Gasteiger charge is -2.62. The number of alkyl carbamates (subject to hydrolysis) is 1. The SMILES string of the molecule is COC(=O)NC1(C)CC(C(=O)N2CC3(CC(C4CCC4)C3)C2)C1. The van der Waals surface area contributed by atoms with E-state index < -0.39 is 6.09 Å². The van der Waals surface area contributed by atoms with Crippen molar-refractivity contribution in [3.8, 4) is 0 Å². The van der Waals surface area contributed by atoms with Gasteiger partial charge in [0.25, 0.3) is 0 Å². The molecule has 2 amide bonds. The van der Waals surface area contributed by atoms with Crippen LogP contribution in [0.4, 0.5) is 4.79 Å². The summed E-state index contributed by atoms with van der Waals surface area (Å²) in [5, 5.41) is 2.84. The maximum atomic E-state index is 12.5. The Bertz CT molecular complexity index is 508. The highest BCUT2D eigenvalue weighted by molar-refractivity contribution is 5.82. The van der Waals surface area contributed by atoms with Crippen molar-refractivity contribution >= 4 is 12.0 Å². The van der Waals surface area contributed by atoms with Crippen molar-refractivity contribution in [3.05, 3.63) is 0 Å². The monoisotopic (exact) mass is 320 g/mol. The zero-order valence-corrected chi connectivity index (χ0v) is 14.3. The summed E-state index contributed by atoms with van der Waals surface area (Å²) in [6.07, 6.45) is 8.08. The highest BCUT2D eigenvalue weighted by atomic mass is 16.5. The molecule has 3 aliphatic carbocycles. The number of hydrogen-bond acceptors (Lipinski definition) is 3. The number of amides is 2. The van der Waals surface area contributed by atoms with Crippen LogP contribution in [0.5, 0.6) is 0 Å². The first kappa shape index (κ1) is 15.3. The number of carbonyl (C=O) groups excluding carboxylic acids is 2. The largest absolute Gasteiger partial charge is 0.453 e. The lowest BCUT2D eigenvalue weighted by Crippen LogP contribution is -2.67. The van der Waals surface area contributed by atoms with E-state index in [0.29, 0.717) is 11.3 Å². The topological polar surface area (TPSA) is 58.6 Å². The lowest BCUT2D eigenvalue weighted by molar-refractivity contribution is -0.168. The van der Waals surface area contributed by atoms with Gasteiger partial charge in [0.2, 0.25) is 5.91 Å². The molecule has 3 saturated carbocycles. The highest BCUT2D eigenvalue weighted by Crippen LogP contribution is 2.58. The van der Waals surface area contributed by atoms with Crippen LogP contribution in [-0.4, -0.2) is 42.6 Å². The minimum absolute atomic E-state index is 0.0806. The summed E-state index contributed by atoms with van der Waals surface area (Å²) in [7, 11) is 1.37. The number of rotatable bonds is 3. The molecule has 1 aliphatic heterocycles. The summed E-state index contributed by atoms with van der Waals surface area (Å²) in [5.74, 6) is 2.34. The fourth-order valence-electron chi connectivity index (χ4n) is 5.33. The van der Waals surface area contributed by atoms with Crippen molar-refractivity contribution in [2.24, 2.45) is 23.2 Å². The Morgan fingerprint density at radius 1 is 1.09 bits per heavy atom. The fourth-order valence-corrected chi connectivity index (χ4v) is 5.33. The number of likely N-dealkylation sites (tertiary alicyclic amines) is 1. The van der Waals surface area contributed by atoms with Crippen LogP contribution < -0.4 is 5.32 Å². The van der Waals surface area contributed by atoms with Gasteiger partial charge in [-0.3, -0.25) is 4.79 Å². The molecule has 0 aromatic heterocycles. The molecule has 0 atom stereocenters. The van der Waals surface area contributed by atoms with Crippen LogP contribution >= 0.6 is 0 Å².